The molecule has 5 nitrogen and oxygen atoms in total. The van der Waals surface area contributed by atoms with Crippen LogP contribution in [0.5, 0.6) is 0 Å². The summed E-state index contributed by atoms with van der Waals surface area (Å²) < 4.78 is 9.90. The van der Waals surface area contributed by atoms with Gasteiger partial charge in [0.15, 0.2) is 0 Å². The van der Waals surface area contributed by atoms with E-state index in [9.17, 15) is 4.79 Å². The summed E-state index contributed by atoms with van der Waals surface area (Å²) >= 11 is 0. The summed E-state index contributed by atoms with van der Waals surface area (Å²) in [5.74, 6) is 0.103. The lowest BCUT2D eigenvalue weighted by molar-refractivity contribution is 0.0632. The summed E-state index contributed by atoms with van der Waals surface area (Å²) in [7, 11) is 0. The lowest BCUT2D eigenvalue weighted by Gasteiger charge is -2.19. The van der Waals surface area contributed by atoms with Gasteiger partial charge in [0, 0.05) is 0 Å². The highest BCUT2D eigenvalue weighted by Crippen LogP contribution is 2.16. The van der Waals surface area contributed by atoms with Gasteiger partial charge in [-0.25, -0.2) is 4.79 Å². The van der Waals surface area contributed by atoms with E-state index in [1.807, 2.05) is 6.07 Å². The highest BCUT2D eigenvalue weighted by atomic mass is 16.6. The first-order valence-electron chi connectivity index (χ1n) is 4.40. The van der Waals surface area contributed by atoms with Crippen LogP contribution in [0.25, 0.3) is 0 Å². The molecule has 1 N–H and O–H groups in total. The quantitative estimate of drug-likeness (QED) is 0.769. The van der Waals surface area contributed by atoms with Gasteiger partial charge in [-0.3, -0.25) is 5.32 Å². The standard InChI is InChI=1S/C10H12N2O3/c1-10(2,3)15-9(13)12-8-7(6-11)4-5-14-8/h4-5H,1-3H3,(H,12,13). The van der Waals surface area contributed by atoms with Crippen LogP contribution in [0.2, 0.25) is 0 Å². The highest BCUT2D eigenvalue weighted by Gasteiger charge is 2.18. The summed E-state index contributed by atoms with van der Waals surface area (Å²) in [5, 5.41) is 11.0. The molecule has 5 heteroatoms. The van der Waals surface area contributed by atoms with Crippen LogP contribution < -0.4 is 5.32 Å². The van der Waals surface area contributed by atoms with Crippen molar-refractivity contribution in [3.63, 3.8) is 0 Å². The topological polar surface area (TPSA) is 75.3 Å². The molecule has 1 heterocycles. The summed E-state index contributed by atoms with van der Waals surface area (Å²) in [6.07, 6.45) is 0.680. The molecule has 0 unspecified atom stereocenters. The monoisotopic (exact) mass is 208 g/mol. The summed E-state index contributed by atoms with van der Waals surface area (Å²) in [5.41, 5.74) is -0.315. The van der Waals surface area contributed by atoms with Gasteiger partial charge in [0.2, 0.25) is 5.88 Å². The molecule has 0 aromatic carbocycles. The molecule has 0 aliphatic heterocycles. The number of carbonyl (C=O) groups is 1. The minimum atomic E-state index is -0.644. The number of hydrogen-bond acceptors (Lipinski definition) is 4. The van der Waals surface area contributed by atoms with E-state index in [4.69, 9.17) is 14.4 Å². The number of furan rings is 1. The van der Waals surface area contributed by atoms with E-state index in [-0.39, 0.29) is 11.4 Å². The third kappa shape index (κ3) is 3.35. The minimum absolute atomic E-state index is 0.103. The molecule has 0 aliphatic carbocycles. The Kier molecular flexibility index (Phi) is 3.00. The van der Waals surface area contributed by atoms with E-state index in [1.54, 1.807) is 20.8 Å². The van der Waals surface area contributed by atoms with Crippen molar-refractivity contribution in [2.24, 2.45) is 0 Å². The Morgan fingerprint density at radius 2 is 2.27 bits per heavy atom. The molecule has 0 atom stereocenters. The average molecular weight is 208 g/mol. The number of nitriles is 1. The van der Waals surface area contributed by atoms with Crippen LogP contribution in [0.1, 0.15) is 26.3 Å². The molecule has 0 fully saturated rings. The smallest absolute Gasteiger partial charge is 0.414 e. The van der Waals surface area contributed by atoms with E-state index in [1.165, 1.54) is 12.3 Å². The van der Waals surface area contributed by atoms with E-state index >= 15 is 0 Å². The van der Waals surface area contributed by atoms with Crippen LogP contribution in [0.3, 0.4) is 0 Å². The lowest BCUT2D eigenvalue weighted by Crippen LogP contribution is -2.27. The van der Waals surface area contributed by atoms with Crippen LogP contribution in [0, 0.1) is 11.3 Å². The molecule has 0 saturated carbocycles. The molecule has 80 valence electrons. The van der Waals surface area contributed by atoms with Gasteiger partial charge in [-0.2, -0.15) is 5.26 Å². The largest absolute Gasteiger partial charge is 0.447 e. The van der Waals surface area contributed by atoms with Crippen molar-refractivity contribution in [1.29, 1.82) is 5.26 Å². The Balaban J connectivity index is 2.64. The number of amides is 1. The van der Waals surface area contributed by atoms with Gasteiger partial charge in [-0.1, -0.05) is 0 Å². The van der Waals surface area contributed by atoms with E-state index in [0.29, 0.717) is 0 Å². The van der Waals surface area contributed by atoms with Crippen LogP contribution in [0.15, 0.2) is 16.7 Å². The van der Waals surface area contributed by atoms with Crippen molar-refractivity contribution in [1.82, 2.24) is 0 Å². The molecule has 0 radical (unpaired) electrons. The molecular formula is C10H12N2O3. The van der Waals surface area contributed by atoms with Gasteiger partial charge in [-0.05, 0) is 26.8 Å². The predicted octanol–water partition coefficient (Wildman–Crippen LogP) is 2.50. The van der Waals surface area contributed by atoms with Crippen molar-refractivity contribution in [3.05, 3.63) is 17.9 Å². The van der Waals surface area contributed by atoms with E-state index in [0.717, 1.165) is 0 Å². The molecule has 0 aliphatic rings. The molecule has 1 rings (SSSR count). The number of nitrogens with one attached hydrogen (secondary N) is 1. The third-order valence-corrected chi connectivity index (χ3v) is 1.40. The number of anilines is 1. The first-order valence-corrected chi connectivity index (χ1v) is 4.40. The second kappa shape index (κ2) is 4.05. The maximum Gasteiger partial charge on any atom is 0.414 e. The van der Waals surface area contributed by atoms with Crippen molar-refractivity contribution in [3.8, 4) is 6.07 Å². The molecule has 1 amide bonds. The zero-order chi connectivity index (χ0) is 11.5. The first-order chi connectivity index (χ1) is 6.92. The van der Waals surface area contributed by atoms with Gasteiger partial charge >= 0.3 is 6.09 Å². The molecule has 1 aromatic rings. The van der Waals surface area contributed by atoms with Crippen LogP contribution in [-0.4, -0.2) is 11.7 Å². The molecule has 0 bridgehead atoms. The van der Waals surface area contributed by atoms with Gasteiger partial charge in [0.25, 0.3) is 0 Å². The number of carbonyl (C=O) groups excluding carboxylic acids is 1. The summed E-state index contributed by atoms with van der Waals surface area (Å²) in [4.78, 5) is 11.3. The Morgan fingerprint density at radius 3 is 2.80 bits per heavy atom. The highest BCUT2D eigenvalue weighted by molar-refractivity contribution is 5.84. The number of rotatable bonds is 1. The molecule has 1 aromatic heterocycles. The zero-order valence-electron chi connectivity index (χ0n) is 8.83. The fraction of sp³-hybridized carbons (Fsp3) is 0.400. The van der Waals surface area contributed by atoms with Crippen molar-refractivity contribution in [2.45, 2.75) is 26.4 Å². The van der Waals surface area contributed by atoms with Gasteiger partial charge in [-0.15, -0.1) is 0 Å². The van der Waals surface area contributed by atoms with Crippen molar-refractivity contribution in [2.75, 3.05) is 5.32 Å². The number of hydrogen-bond donors (Lipinski definition) is 1. The summed E-state index contributed by atoms with van der Waals surface area (Å²) in [6, 6.07) is 3.34. The second-order valence-electron chi connectivity index (χ2n) is 3.90. The second-order valence-corrected chi connectivity index (χ2v) is 3.90. The minimum Gasteiger partial charge on any atom is -0.447 e. The normalized spacial score (nSPS) is 10.5. The van der Waals surface area contributed by atoms with E-state index < -0.39 is 11.7 Å². The van der Waals surface area contributed by atoms with Crippen molar-refractivity contribution >= 4 is 12.0 Å². The maximum atomic E-state index is 11.3. The zero-order valence-corrected chi connectivity index (χ0v) is 8.83. The maximum absolute atomic E-state index is 11.3. The fourth-order valence-electron chi connectivity index (χ4n) is 0.890. The Bertz CT molecular complexity index is 396. The molecule has 15 heavy (non-hydrogen) atoms. The molecule has 0 spiro atoms. The van der Waals surface area contributed by atoms with Gasteiger partial charge in [0.1, 0.15) is 17.2 Å². The average Bonchev–Trinajstić information content (AvgIpc) is 2.48. The predicted molar refractivity (Wildman–Crippen MR) is 53.3 cm³/mol. The number of nitrogens with zero attached hydrogens (tertiary/aromatic N) is 1. The van der Waals surface area contributed by atoms with Crippen LogP contribution in [-0.2, 0) is 4.74 Å². The third-order valence-electron chi connectivity index (χ3n) is 1.40. The van der Waals surface area contributed by atoms with Crippen LogP contribution in [0.4, 0.5) is 10.7 Å². The SMILES string of the molecule is CC(C)(C)OC(=O)Nc1occc1C#N. The lowest BCUT2D eigenvalue weighted by atomic mass is 10.2. The van der Waals surface area contributed by atoms with E-state index in [2.05, 4.69) is 5.32 Å². The Labute approximate surface area is 87.6 Å². The molecule has 0 saturated heterocycles. The Hall–Kier alpha value is -1.96. The first kappa shape index (κ1) is 11.1. The van der Waals surface area contributed by atoms with Gasteiger partial charge < -0.3 is 9.15 Å². The summed E-state index contributed by atoms with van der Waals surface area (Å²) in [6.45, 7) is 5.25. The number of ether oxygens (including phenoxy) is 1. The Morgan fingerprint density at radius 1 is 1.60 bits per heavy atom. The van der Waals surface area contributed by atoms with Crippen LogP contribution >= 0.6 is 0 Å². The van der Waals surface area contributed by atoms with Crippen molar-refractivity contribution < 1.29 is 13.9 Å². The fourth-order valence-corrected chi connectivity index (χ4v) is 0.890. The molecular weight excluding hydrogens is 196 g/mol. The van der Waals surface area contributed by atoms with Gasteiger partial charge in [0.05, 0.1) is 6.26 Å².